The van der Waals surface area contributed by atoms with Gasteiger partial charge in [0.25, 0.3) is 0 Å². The number of pyridine rings is 1. The summed E-state index contributed by atoms with van der Waals surface area (Å²) < 4.78 is 2.18. The van der Waals surface area contributed by atoms with E-state index in [0.717, 1.165) is 38.8 Å². The van der Waals surface area contributed by atoms with Gasteiger partial charge in [-0.1, -0.05) is 69.3 Å². The minimum absolute atomic E-state index is 0.0147. The molecule has 0 fully saturated rings. The average Bonchev–Trinajstić information content (AvgIpc) is 3.07. The molecule has 0 unspecified atom stereocenters. The minimum Gasteiger partial charge on any atom is -0.508 e. The van der Waals surface area contributed by atoms with Crippen molar-refractivity contribution >= 4 is 21.8 Å². The number of benzene rings is 3. The molecule has 3 heteroatoms. The Kier molecular flexibility index (Phi) is 4.14. The zero-order valence-electron chi connectivity index (χ0n) is 17.4. The number of hydrogen-bond donors (Lipinski definition) is 1. The topological polar surface area (TPSA) is 38.0 Å². The zero-order chi connectivity index (χ0) is 20.9. The molecule has 0 bridgehead atoms. The molecular formula is C27H24N2O. The van der Waals surface area contributed by atoms with Gasteiger partial charge in [0.05, 0.1) is 11.0 Å². The molecule has 5 rings (SSSR count). The van der Waals surface area contributed by atoms with Crippen molar-refractivity contribution in [1.29, 1.82) is 0 Å². The Bertz CT molecular complexity index is 1380. The SMILES string of the molecule is CC(C)(C)c1ccnc(-n2c3cc(O)ccc3c3cccc(-c4ccccc4)c32)c1. The van der Waals surface area contributed by atoms with E-state index in [1.165, 1.54) is 5.56 Å². The highest BCUT2D eigenvalue weighted by Gasteiger charge is 2.20. The molecule has 5 aromatic rings. The van der Waals surface area contributed by atoms with E-state index in [0.29, 0.717) is 0 Å². The molecular weight excluding hydrogens is 368 g/mol. The van der Waals surface area contributed by atoms with E-state index in [2.05, 4.69) is 79.9 Å². The van der Waals surface area contributed by atoms with Crippen molar-refractivity contribution in [3.8, 4) is 22.7 Å². The number of rotatable bonds is 2. The van der Waals surface area contributed by atoms with Gasteiger partial charge in [0.15, 0.2) is 0 Å². The molecule has 0 aliphatic rings. The molecule has 0 aliphatic heterocycles. The maximum absolute atomic E-state index is 10.3. The highest BCUT2D eigenvalue weighted by atomic mass is 16.3. The van der Waals surface area contributed by atoms with Crippen LogP contribution in [0.1, 0.15) is 26.3 Å². The van der Waals surface area contributed by atoms with Crippen molar-refractivity contribution < 1.29 is 5.11 Å². The van der Waals surface area contributed by atoms with Crippen LogP contribution in [0.3, 0.4) is 0 Å². The van der Waals surface area contributed by atoms with Crippen LogP contribution in [0.5, 0.6) is 5.75 Å². The molecule has 0 saturated heterocycles. The van der Waals surface area contributed by atoms with Gasteiger partial charge in [-0.15, -0.1) is 0 Å². The van der Waals surface area contributed by atoms with Gasteiger partial charge >= 0.3 is 0 Å². The third kappa shape index (κ3) is 2.94. The Morgan fingerprint density at radius 2 is 1.60 bits per heavy atom. The van der Waals surface area contributed by atoms with Gasteiger partial charge in [0, 0.05) is 28.6 Å². The number of aromatic nitrogens is 2. The first-order valence-electron chi connectivity index (χ1n) is 10.2. The summed E-state index contributed by atoms with van der Waals surface area (Å²) in [6.45, 7) is 6.62. The molecule has 30 heavy (non-hydrogen) atoms. The molecule has 0 spiro atoms. The number of phenols is 1. The third-order valence-corrected chi connectivity index (χ3v) is 5.70. The number of aromatic hydroxyl groups is 1. The molecule has 148 valence electrons. The lowest BCUT2D eigenvalue weighted by Gasteiger charge is -2.20. The third-order valence-electron chi connectivity index (χ3n) is 5.70. The van der Waals surface area contributed by atoms with Crippen LogP contribution < -0.4 is 0 Å². The van der Waals surface area contributed by atoms with E-state index < -0.39 is 0 Å². The predicted molar refractivity (Wildman–Crippen MR) is 124 cm³/mol. The van der Waals surface area contributed by atoms with Crippen molar-refractivity contribution in [2.45, 2.75) is 26.2 Å². The van der Waals surface area contributed by atoms with Crippen molar-refractivity contribution in [3.63, 3.8) is 0 Å². The summed E-state index contributed by atoms with van der Waals surface area (Å²) >= 11 is 0. The van der Waals surface area contributed by atoms with E-state index in [-0.39, 0.29) is 11.2 Å². The summed E-state index contributed by atoms with van der Waals surface area (Å²) in [5, 5.41) is 12.5. The molecule has 0 amide bonds. The van der Waals surface area contributed by atoms with Gasteiger partial charge in [-0.3, -0.25) is 4.57 Å². The van der Waals surface area contributed by atoms with Crippen LogP contribution in [0.15, 0.2) is 85.1 Å². The first kappa shape index (κ1) is 18.4. The second-order valence-electron chi connectivity index (χ2n) is 8.76. The van der Waals surface area contributed by atoms with Crippen LogP contribution in [-0.2, 0) is 5.41 Å². The fourth-order valence-electron chi connectivity index (χ4n) is 4.15. The second-order valence-corrected chi connectivity index (χ2v) is 8.76. The molecule has 0 radical (unpaired) electrons. The molecule has 3 nitrogen and oxygen atoms in total. The van der Waals surface area contributed by atoms with Crippen LogP contribution in [0.25, 0.3) is 38.8 Å². The number of para-hydroxylation sites is 1. The van der Waals surface area contributed by atoms with Crippen molar-refractivity contribution in [3.05, 3.63) is 90.6 Å². The van der Waals surface area contributed by atoms with E-state index in [1.807, 2.05) is 24.4 Å². The monoisotopic (exact) mass is 392 g/mol. The Labute approximate surface area is 176 Å². The fraction of sp³-hybridized carbons (Fsp3) is 0.148. The van der Waals surface area contributed by atoms with E-state index >= 15 is 0 Å². The smallest absolute Gasteiger partial charge is 0.137 e. The maximum atomic E-state index is 10.3. The minimum atomic E-state index is 0.0147. The highest BCUT2D eigenvalue weighted by Crippen LogP contribution is 2.39. The number of phenolic OH excluding ortho intramolecular Hbond substituents is 1. The predicted octanol–water partition coefficient (Wildman–Crippen LogP) is 6.85. The van der Waals surface area contributed by atoms with Crippen LogP contribution in [0.2, 0.25) is 0 Å². The lowest BCUT2D eigenvalue weighted by molar-refractivity contribution is 0.476. The summed E-state index contributed by atoms with van der Waals surface area (Å²) in [6.07, 6.45) is 1.88. The quantitative estimate of drug-likeness (QED) is 0.357. The van der Waals surface area contributed by atoms with E-state index in [4.69, 9.17) is 4.98 Å². The second kappa shape index (κ2) is 6.74. The summed E-state index contributed by atoms with van der Waals surface area (Å²) in [4.78, 5) is 4.74. The Balaban J connectivity index is 1.94. The van der Waals surface area contributed by atoms with Gasteiger partial charge in [0.1, 0.15) is 11.6 Å². The summed E-state index contributed by atoms with van der Waals surface area (Å²) in [6, 6.07) is 26.6. The lowest BCUT2D eigenvalue weighted by atomic mass is 9.88. The van der Waals surface area contributed by atoms with Gasteiger partial charge in [-0.25, -0.2) is 4.98 Å². The Morgan fingerprint density at radius 1 is 0.800 bits per heavy atom. The first-order chi connectivity index (χ1) is 14.4. The molecule has 0 atom stereocenters. The number of nitrogens with zero attached hydrogens (tertiary/aromatic N) is 2. The summed E-state index contributed by atoms with van der Waals surface area (Å²) in [5.74, 6) is 1.11. The molecule has 2 heterocycles. The largest absolute Gasteiger partial charge is 0.508 e. The van der Waals surface area contributed by atoms with Crippen LogP contribution >= 0.6 is 0 Å². The molecule has 1 N–H and O–H groups in total. The molecule has 3 aromatic carbocycles. The Morgan fingerprint density at radius 3 is 2.37 bits per heavy atom. The van der Waals surface area contributed by atoms with Gasteiger partial charge in [-0.05, 0) is 40.8 Å². The maximum Gasteiger partial charge on any atom is 0.137 e. The van der Waals surface area contributed by atoms with Gasteiger partial charge < -0.3 is 5.11 Å². The summed E-state index contributed by atoms with van der Waals surface area (Å²) in [7, 11) is 0. The van der Waals surface area contributed by atoms with Crippen molar-refractivity contribution in [2.75, 3.05) is 0 Å². The van der Waals surface area contributed by atoms with Crippen LogP contribution in [-0.4, -0.2) is 14.7 Å². The van der Waals surface area contributed by atoms with Gasteiger partial charge in [-0.2, -0.15) is 0 Å². The average molecular weight is 393 g/mol. The van der Waals surface area contributed by atoms with E-state index in [1.54, 1.807) is 6.07 Å². The van der Waals surface area contributed by atoms with Gasteiger partial charge in [0.2, 0.25) is 0 Å². The molecule has 2 aromatic heterocycles. The highest BCUT2D eigenvalue weighted by molar-refractivity contribution is 6.13. The van der Waals surface area contributed by atoms with E-state index in [9.17, 15) is 5.11 Å². The van der Waals surface area contributed by atoms with Crippen molar-refractivity contribution in [2.24, 2.45) is 0 Å². The Hall–Kier alpha value is -3.59. The zero-order valence-corrected chi connectivity index (χ0v) is 17.4. The first-order valence-corrected chi connectivity index (χ1v) is 10.2. The molecule has 0 aliphatic carbocycles. The van der Waals surface area contributed by atoms with Crippen molar-refractivity contribution in [1.82, 2.24) is 9.55 Å². The van der Waals surface area contributed by atoms with Crippen LogP contribution in [0.4, 0.5) is 0 Å². The summed E-state index contributed by atoms with van der Waals surface area (Å²) in [5.41, 5.74) is 5.59. The number of hydrogen-bond acceptors (Lipinski definition) is 2. The standard InChI is InChI=1S/C27H24N2O/c1-27(2,3)19-14-15-28-25(16-19)29-24-17-20(30)12-13-22(24)23-11-7-10-21(26(23)29)18-8-5-4-6-9-18/h4-17,30H,1-3H3. The molecule has 0 saturated carbocycles. The number of fused-ring (bicyclic) bond motifs is 3. The fourth-order valence-corrected chi connectivity index (χ4v) is 4.15. The normalized spacial score (nSPS) is 12.0. The lowest BCUT2D eigenvalue weighted by Crippen LogP contribution is -2.12. The van der Waals surface area contributed by atoms with Crippen LogP contribution in [0, 0.1) is 0 Å².